The van der Waals surface area contributed by atoms with E-state index in [0.29, 0.717) is 23.0 Å². The second-order valence-electron chi connectivity index (χ2n) is 4.01. The summed E-state index contributed by atoms with van der Waals surface area (Å²) >= 11 is 6.06. The fourth-order valence-electron chi connectivity index (χ4n) is 1.82. The lowest BCUT2D eigenvalue weighted by Crippen LogP contribution is -1.95. The Bertz CT molecular complexity index is 689. The number of oxazole rings is 1. The van der Waals surface area contributed by atoms with Crippen molar-refractivity contribution < 1.29 is 4.42 Å². The van der Waals surface area contributed by atoms with Gasteiger partial charge in [0.25, 0.3) is 0 Å². The van der Waals surface area contributed by atoms with Crippen LogP contribution in [0.25, 0.3) is 22.6 Å². The summed E-state index contributed by atoms with van der Waals surface area (Å²) in [6, 6.07) is 13.3. The summed E-state index contributed by atoms with van der Waals surface area (Å²) in [7, 11) is 0. The third kappa shape index (κ3) is 1.88. The Balaban J connectivity index is 2.10. The summed E-state index contributed by atoms with van der Waals surface area (Å²) in [4.78, 5) is 4.42. The minimum Gasteiger partial charge on any atom is -0.435 e. The SMILES string of the molecule is NCc1ccc(-c2nc3cccc(Cl)c3o2)cc1. The molecule has 4 heteroatoms. The first-order chi connectivity index (χ1) is 8.78. The van der Waals surface area contributed by atoms with E-state index in [1.165, 1.54) is 0 Å². The predicted molar refractivity (Wildman–Crippen MR) is 72.3 cm³/mol. The molecule has 0 atom stereocenters. The number of nitrogens with two attached hydrogens (primary N) is 1. The normalized spacial score (nSPS) is 11.0. The van der Waals surface area contributed by atoms with Crippen LogP contribution in [-0.4, -0.2) is 4.98 Å². The fourth-order valence-corrected chi connectivity index (χ4v) is 2.03. The van der Waals surface area contributed by atoms with Crippen molar-refractivity contribution in [3.05, 3.63) is 53.1 Å². The van der Waals surface area contributed by atoms with E-state index in [9.17, 15) is 0 Å². The summed E-state index contributed by atoms with van der Waals surface area (Å²) in [5.74, 6) is 0.571. The van der Waals surface area contributed by atoms with Gasteiger partial charge in [-0.25, -0.2) is 4.98 Å². The highest BCUT2D eigenvalue weighted by atomic mass is 35.5. The molecule has 0 radical (unpaired) electrons. The van der Waals surface area contributed by atoms with Crippen LogP contribution in [0.15, 0.2) is 46.9 Å². The maximum atomic E-state index is 6.06. The highest BCUT2D eigenvalue weighted by Crippen LogP contribution is 2.28. The molecule has 1 heterocycles. The Kier molecular flexibility index (Phi) is 2.78. The first-order valence-corrected chi connectivity index (χ1v) is 6.00. The molecule has 0 unspecified atom stereocenters. The van der Waals surface area contributed by atoms with Crippen LogP contribution >= 0.6 is 11.6 Å². The molecular weight excluding hydrogens is 248 g/mol. The summed E-state index contributed by atoms with van der Waals surface area (Å²) in [5, 5.41) is 0.574. The van der Waals surface area contributed by atoms with E-state index in [1.807, 2.05) is 36.4 Å². The van der Waals surface area contributed by atoms with E-state index in [2.05, 4.69) is 4.98 Å². The zero-order valence-electron chi connectivity index (χ0n) is 9.56. The molecular formula is C14H11ClN2O. The number of aromatic nitrogens is 1. The third-order valence-electron chi connectivity index (χ3n) is 2.80. The van der Waals surface area contributed by atoms with Crippen LogP contribution in [0.2, 0.25) is 5.02 Å². The van der Waals surface area contributed by atoms with Gasteiger partial charge in [0, 0.05) is 12.1 Å². The zero-order chi connectivity index (χ0) is 12.5. The Morgan fingerprint density at radius 1 is 1.11 bits per heavy atom. The second kappa shape index (κ2) is 4.44. The molecule has 0 saturated heterocycles. The van der Waals surface area contributed by atoms with Gasteiger partial charge in [-0.2, -0.15) is 0 Å². The fraction of sp³-hybridized carbons (Fsp3) is 0.0714. The van der Waals surface area contributed by atoms with E-state index < -0.39 is 0 Å². The summed E-state index contributed by atoms with van der Waals surface area (Å²) in [6.45, 7) is 0.527. The highest BCUT2D eigenvalue weighted by Gasteiger charge is 2.10. The van der Waals surface area contributed by atoms with Gasteiger partial charge >= 0.3 is 0 Å². The van der Waals surface area contributed by atoms with Gasteiger partial charge in [0.15, 0.2) is 5.58 Å². The van der Waals surface area contributed by atoms with Crippen molar-refractivity contribution in [3.63, 3.8) is 0 Å². The van der Waals surface area contributed by atoms with Crippen molar-refractivity contribution in [1.29, 1.82) is 0 Å². The van der Waals surface area contributed by atoms with Crippen molar-refractivity contribution in [3.8, 4) is 11.5 Å². The number of fused-ring (bicyclic) bond motifs is 1. The van der Waals surface area contributed by atoms with Gasteiger partial charge in [0.05, 0.1) is 5.02 Å². The molecule has 2 aromatic carbocycles. The number of hydrogen-bond donors (Lipinski definition) is 1. The van der Waals surface area contributed by atoms with Crippen molar-refractivity contribution in [1.82, 2.24) is 4.98 Å². The van der Waals surface area contributed by atoms with Crippen LogP contribution < -0.4 is 5.73 Å². The third-order valence-corrected chi connectivity index (χ3v) is 3.10. The molecule has 1 aromatic heterocycles. The van der Waals surface area contributed by atoms with Crippen LogP contribution in [0.5, 0.6) is 0 Å². The first-order valence-electron chi connectivity index (χ1n) is 5.62. The highest BCUT2D eigenvalue weighted by molar-refractivity contribution is 6.34. The number of benzene rings is 2. The molecule has 0 spiro atoms. The van der Waals surface area contributed by atoms with Crippen molar-refractivity contribution >= 4 is 22.7 Å². The Morgan fingerprint density at radius 3 is 2.56 bits per heavy atom. The van der Waals surface area contributed by atoms with Gasteiger partial charge in [-0.05, 0) is 29.8 Å². The molecule has 3 nitrogen and oxygen atoms in total. The van der Waals surface area contributed by atoms with Gasteiger partial charge in [0.2, 0.25) is 5.89 Å². The van der Waals surface area contributed by atoms with E-state index in [-0.39, 0.29) is 0 Å². The molecule has 0 fully saturated rings. The van der Waals surface area contributed by atoms with E-state index in [4.69, 9.17) is 21.8 Å². The van der Waals surface area contributed by atoms with Gasteiger partial charge in [0.1, 0.15) is 5.52 Å². The van der Waals surface area contributed by atoms with E-state index in [0.717, 1.165) is 16.6 Å². The smallest absolute Gasteiger partial charge is 0.227 e. The number of nitrogens with zero attached hydrogens (tertiary/aromatic N) is 1. The summed E-state index contributed by atoms with van der Waals surface area (Å²) in [5.41, 5.74) is 8.94. The maximum Gasteiger partial charge on any atom is 0.227 e. The molecule has 3 aromatic rings. The minimum atomic E-state index is 0.527. The molecule has 0 aliphatic rings. The predicted octanol–water partition coefficient (Wildman–Crippen LogP) is 3.61. The molecule has 3 rings (SSSR count). The molecule has 2 N–H and O–H groups in total. The van der Waals surface area contributed by atoms with Gasteiger partial charge in [-0.15, -0.1) is 0 Å². The molecule has 0 amide bonds. The zero-order valence-corrected chi connectivity index (χ0v) is 10.3. The van der Waals surface area contributed by atoms with Crippen molar-refractivity contribution in [2.24, 2.45) is 5.73 Å². The van der Waals surface area contributed by atoms with Crippen LogP contribution in [0.4, 0.5) is 0 Å². The number of para-hydroxylation sites is 1. The molecule has 0 aliphatic carbocycles. The lowest BCUT2D eigenvalue weighted by atomic mass is 10.1. The maximum absolute atomic E-state index is 6.06. The Labute approximate surface area is 109 Å². The standard InChI is InChI=1S/C14H11ClN2O/c15-11-2-1-3-12-13(11)18-14(17-12)10-6-4-9(8-16)5-7-10/h1-7H,8,16H2. The van der Waals surface area contributed by atoms with Crippen LogP contribution in [0.1, 0.15) is 5.56 Å². The minimum absolute atomic E-state index is 0.527. The van der Waals surface area contributed by atoms with Crippen LogP contribution in [0.3, 0.4) is 0 Å². The molecule has 0 bridgehead atoms. The Hall–Kier alpha value is -1.84. The quantitative estimate of drug-likeness (QED) is 0.764. The molecule has 90 valence electrons. The molecule has 18 heavy (non-hydrogen) atoms. The van der Waals surface area contributed by atoms with Gasteiger partial charge < -0.3 is 10.2 Å². The lowest BCUT2D eigenvalue weighted by Gasteiger charge is -1.97. The monoisotopic (exact) mass is 258 g/mol. The van der Waals surface area contributed by atoms with Crippen LogP contribution in [0, 0.1) is 0 Å². The van der Waals surface area contributed by atoms with Gasteiger partial charge in [-0.1, -0.05) is 29.8 Å². The number of rotatable bonds is 2. The van der Waals surface area contributed by atoms with Crippen molar-refractivity contribution in [2.45, 2.75) is 6.54 Å². The lowest BCUT2D eigenvalue weighted by molar-refractivity contribution is 0.620. The molecule has 0 aliphatic heterocycles. The second-order valence-corrected chi connectivity index (χ2v) is 4.42. The first kappa shape index (κ1) is 11.3. The topological polar surface area (TPSA) is 52.0 Å². The van der Waals surface area contributed by atoms with E-state index in [1.54, 1.807) is 6.07 Å². The number of hydrogen-bond acceptors (Lipinski definition) is 3. The van der Waals surface area contributed by atoms with Crippen molar-refractivity contribution in [2.75, 3.05) is 0 Å². The van der Waals surface area contributed by atoms with Gasteiger partial charge in [-0.3, -0.25) is 0 Å². The summed E-state index contributed by atoms with van der Waals surface area (Å²) < 4.78 is 5.68. The van der Waals surface area contributed by atoms with Crippen LogP contribution in [-0.2, 0) is 6.54 Å². The average molecular weight is 259 g/mol. The number of halogens is 1. The molecule has 0 saturated carbocycles. The average Bonchev–Trinajstić information content (AvgIpc) is 2.84. The largest absolute Gasteiger partial charge is 0.435 e. The summed E-state index contributed by atoms with van der Waals surface area (Å²) in [6.07, 6.45) is 0. The van der Waals surface area contributed by atoms with E-state index >= 15 is 0 Å². The Morgan fingerprint density at radius 2 is 1.89 bits per heavy atom.